The molecule has 10 nitrogen and oxygen atoms in total. The lowest BCUT2D eigenvalue weighted by atomic mass is 10.0. The minimum Gasteiger partial charge on any atom is -0.457 e. The number of piperazine rings is 1. The molecule has 3 aromatic heterocycles. The third-order valence-corrected chi connectivity index (χ3v) is 7.57. The van der Waals surface area contributed by atoms with Crippen molar-refractivity contribution in [2.45, 2.75) is 13.3 Å². The highest BCUT2D eigenvalue weighted by atomic mass is 16.5. The van der Waals surface area contributed by atoms with Crippen LogP contribution in [0.25, 0.3) is 33.9 Å². The maximum absolute atomic E-state index is 12.8. The summed E-state index contributed by atoms with van der Waals surface area (Å²) in [5.41, 5.74) is 5.25. The van der Waals surface area contributed by atoms with Crippen LogP contribution in [0.3, 0.4) is 0 Å². The zero-order valence-electron chi connectivity index (χ0n) is 22.2. The predicted molar refractivity (Wildman–Crippen MR) is 154 cm³/mol. The highest BCUT2D eigenvalue weighted by Crippen LogP contribution is 2.39. The first-order valence-corrected chi connectivity index (χ1v) is 13.5. The van der Waals surface area contributed by atoms with Gasteiger partial charge in [-0.2, -0.15) is 5.26 Å². The summed E-state index contributed by atoms with van der Waals surface area (Å²) in [6.45, 7) is 4.56. The number of pyridine rings is 1. The van der Waals surface area contributed by atoms with Gasteiger partial charge >= 0.3 is 0 Å². The van der Waals surface area contributed by atoms with Crippen molar-refractivity contribution in [3.63, 3.8) is 0 Å². The van der Waals surface area contributed by atoms with E-state index in [1.165, 1.54) is 11.6 Å². The molecule has 2 aromatic carbocycles. The summed E-state index contributed by atoms with van der Waals surface area (Å²) in [6, 6.07) is 24.0. The first-order valence-electron chi connectivity index (χ1n) is 13.5. The van der Waals surface area contributed by atoms with Gasteiger partial charge in [0, 0.05) is 62.3 Å². The van der Waals surface area contributed by atoms with Crippen LogP contribution >= 0.6 is 0 Å². The third-order valence-electron chi connectivity index (χ3n) is 7.57. The number of nitrogens with one attached hydrogen (secondary N) is 1. The number of nitriles is 1. The second kappa shape index (κ2) is 10.4. The second-order valence-electron chi connectivity index (χ2n) is 10.1. The molecule has 202 valence electrons. The van der Waals surface area contributed by atoms with E-state index in [0.717, 1.165) is 61.1 Å². The van der Waals surface area contributed by atoms with Crippen LogP contribution < -0.4 is 15.1 Å². The van der Waals surface area contributed by atoms with Crippen molar-refractivity contribution in [2.24, 2.45) is 0 Å². The Labute approximate surface area is 236 Å². The van der Waals surface area contributed by atoms with E-state index in [9.17, 15) is 4.79 Å². The van der Waals surface area contributed by atoms with Crippen LogP contribution in [0.4, 0.5) is 5.82 Å². The topological polar surface area (TPSA) is 116 Å². The first-order chi connectivity index (χ1) is 20.2. The summed E-state index contributed by atoms with van der Waals surface area (Å²) >= 11 is 0. The molecule has 41 heavy (non-hydrogen) atoms. The molecule has 5 heterocycles. The minimum absolute atomic E-state index is 0.128. The average molecular weight is 543 g/mol. The van der Waals surface area contributed by atoms with Gasteiger partial charge in [-0.15, -0.1) is 0 Å². The number of ether oxygens (including phenoxy) is 1. The summed E-state index contributed by atoms with van der Waals surface area (Å²) < 4.78 is 7.91. The number of aromatic amines is 1. The van der Waals surface area contributed by atoms with Crippen molar-refractivity contribution in [3.05, 3.63) is 101 Å². The molecule has 0 unspecified atom stereocenters. The summed E-state index contributed by atoms with van der Waals surface area (Å²) in [7, 11) is 0. The Kier molecular flexibility index (Phi) is 6.26. The molecule has 0 bridgehead atoms. The van der Waals surface area contributed by atoms with Crippen molar-refractivity contribution < 1.29 is 4.74 Å². The van der Waals surface area contributed by atoms with Crippen molar-refractivity contribution in [1.82, 2.24) is 29.4 Å². The van der Waals surface area contributed by atoms with Gasteiger partial charge < -0.3 is 14.6 Å². The van der Waals surface area contributed by atoms with Crippen molar-refractivity contribution in [3.8, 4) is 45.9 Å². The van der Waals surface area contributed by atoms with Crippen molar-refractivity contribution in [2.75, 3.05) is 31.1 Å². The lowest BCUT2D eigenvalue weighted by molar-refractivity contribution is 0.221. The van der Waals surface area contributed by atoms with Gasteiger partial charge in [0.2, 0.25) is 11.7 Å². The molecular formula is C31H26N8O2. The number of hydrogen-bond donors (Lipinski definition) is 1. The van der Waals surface area contributed by atoms with E-state index in [2.05, 4.69) is 61.1 Å². The zero-order valence-corrected chi connectivity index (χ0v) is 22.2. The van der Waals surface area contributed by atoms with Crippen LogP contribution in [-0.2, 0) is 13.3 Å². The number of benzene rings is 2. The molecule has 0 radical (unpaired) electrons. The smallest absolute Gasteiger partial charge is 0.234 e. The summed E-state index contributed by atoms with van der Waals surface area (Å²) in [6.07, 6.45) is 3.23. The van der Waals surface area contributed by atoms with E-state index in [4.69, 9.17) is 15.0 Å². The standard InChI is InChI=1S/C31H26N8O2/c32-18-25-33-13-11-26(35-25)38-16-14-37(15-17-38)19-21-6-8-22(9-7-21)28-29(23-4-2-1-3-5-23)39-20-41-31-27(30(39)36-28)24(40)10-12-34-31/h1-13H,14-17,19-20H2,(H,34,40). The summed E-state index contributed by atoms with van der Waals surface area (Å²) in [4.78, 5) is 33.8. The monoisotopic (exact) mass is 542 g/mol. The normalized spacial score (nSPS) is 14.6. The largest absolute Gasteiger partial charge is 0.457 e. The Morgan fingerprint density at radius 2 is 1.73 bits per heavy atom. The molecule has 10 heteroatoms. The maximum atomic E-state index is 12.8. The van der Waals surface area contributed by atoms with E-state index in [1.807, 2.05) is 34.9 Å². The van der Waals surface area contributed by atoms with Crippen LogP contribution in [0.15, 0.2) is 83.9 Å². The van der Waals surface area contributed by atoms with Crippen LogP contribution in [0.5, 0.6) is 5.88 Å². The molecule has 7 rings (SSSR count). The summed E-state index contributed by atoms with van der Waals surface area (Å²) in [5.74, 6) is 2.05. The molecule has 0 spiro atoms. The van der Waals surface area contributed by atoms with Crippen LogP contribution in [0.1, 0.15) is 11.4 Å². The van der Waals surface area contributed by atoms with E-state index in [0.29, 0.717) is 17.3 Å². The highest BCUT2D eigenvalue weighted by Gasteiger charge is 2.28. The average Bonchev–Trinajstić information content (AvgIpc) is 3.42. The molecule has 0 aliphatic carbocycles. The lowest BCUT2D eigenvalue weighted by Crippen LogP contribution is -2.46. The number of imidazole rings is 1. The number of H-pyrrole nitrogens is 1. The van der Waals surface area contributed by atoms with E-state index in [1.54, 1.807) is 12.4 Å². The van der Waals surface area contributed by atoms with Crippen LogP contribution in [0.2, 0.25) is 0 Å². The molecule has 1 saturated heterocycles. The van der Waals surface area contributed by atoms with E-state index in [-0.39, 0.29) is 18.0 Å². The maximum Gasteiger partial charge on any atom is 0.234 e. The van der Waals surface area contributed by atoms with Crippen LogP contribution in [-0.4, -0.2) is 55.6 Å². The number of anilines is 1. The van der Waals surface area contributed by atoms with Gasteiger partial charge in [-0.25, -0.2) is 15.0 Å². The minimum atomic E-state index is -0.128. The van der Waals surface area contributed by atoms with Gasteiger partial charge in [0.15, 0.2) is 18.0 Å². The molecule has 2 aliphatic rings. The van der Waals surface area contributed by atoms with Gasteiger partial charge in [0.05, 0.1) is 11.4 Å². The van der Waals surface area contributed by atoms with Crippen LogP contribution in [0, 0.1) is 11.3 Å². The van der Waals surface area contributed by atoms with Gasteiger partial charge in [-0.1, -0.05) is 54.6 Å². The molecule has 0 amide bonds. The fourth-order valence-electron chi connectivity index (χ4n) is 5.51. The lowest BCUT2D eigenvalue weighted by Gasteiger charge is -2.35. The number of fused-ring (bicyclic) bond motifs is 3. The van der Waals surface area contributed by atoms with E-state index < -0.39 is 0 Å². The number of aromatic nitrogens is 5. The second-order valence-corrected chi connectivity index (χ2v) is 10.1. The molecule has 2 aliphatic heterocycles. The highest BCUT2D eigenvalue weighted by molar-refractivity contribution is 5.83. The van der Waals surface area contributed by atoms with Gasteiger partial charge in [-0.3, -0.25) is 14.3 Å². The third kappa shape index (κ3) is 4.62. The van der Waals surface area contributed by atoms with Gasteiger partial charge in [0.25, 0.3) is 0 Å². The molecular weight excluding hydrogens is 516 g/mol. The quantitative estimate of drug-likeness (QED) is 0.356. The Balaban J connectivity index is 1.14. The zero-order chi connectivity index (χ0) is 27.8. The molecule has 1 fully saturated rings. The molecule has 1 N–H and O–H groups in total. The van der Waals surface area contributed by atoms with E-state index >= 15 is 0 Å². The number of hydrogen-bond acceptors (Lipinski definition) is 8. The Bertz CT molecular complexity index is 1810. The Morgan fingerprint density at radius 1 is 0.927 bits per heavy atom. The Morgan fingerprint density at radius 3 is 2.51 bits per heavy atom. The number of rotatable bonds is 5. The predicted octanol–water partition coefficient (Wildman–Crippen LogP) is 3.91. The van der Waals surface area contributed by atoms with Gasteiger partial charge in [-0.05, 0) is 11.6 Å². The first kappa shape index (κ1) is 24.7. The molecule has 0 saturated carbocycles. The number of nitrogens with zero attached hydrogens (tertiary/aromatic N) is 7. The Hall–Kier alpha value is -5.27. The molecule has 5 aromatic rings. The van der Waals surface area contributed by atoms with Crippen molar-refractivity contribution >= 4 is 5.82 Å². The molecule has 0 atom stereocenters. The van der Waals surface area contributed by atoms with Crippen molar-refractivity contribution in [1.29, 1.82) is 5.26 Å². The SMILES string of the molecule is N#Cc1nccc(N2CCN(Cc3ccc(-c4nc5n(c4-c4ccccc4)COc4[nH]ccc(=O)c4-5)cc3)CC2)n1. The van der Waals surface area contributed by atoms with Gasteiger partial charge in [0.1, 0.15) is 17.5 Å². The fourth-order valence-corrected chi connectivity index (χ4v) is 5.51. The fraction of sp³-hybridized carbons (Fsp3) is 0.194. The summed E-state index contributed by atoms with van der Waals surface area (Å²) in [5, 5.41) is 9.10.